The first kappa shape index (κ1) is 14.5. The first-order chi connectivity index (χ1) is 8.96. The van der Waals surface area contributed by atoms with Gasteiger partial charge in [0.2, 0.25) is 10.0 Å². The first-order valence-corrected chi connectivity index (χ1v) is 8.28. The molecule has 0 spiro atoms. The molecule has 2 rings (SSSR count). The van der Waals surface area contributed by atoms with Gasteiger partial charge >= 0.3 is 0 Å². The number of benzene rings is 1. The third-order valence-corrected chi connectivity index (χ3v) is 5.83. The highest BCUT2D eigenvalue weighted by Crippen LogP contribution is 2.27. The van der Waals surface area contributed by atoms with Crippen molar-refractivity contribution in [1.29, 1.82) is 0 Å². The van der Waals surface area contributed by atoms with Gasteiger partial charge in [-0.3, -0.25) is 0 Å². The van der Waals surface area contributed by atoms with E-state index >= 15 is 0 Å². The molecule has 1 aliphatic heterocycles. The summed E-state index contributed by atoms with van der Waals surface area (Å²) in [5, 5.41) is 0. The lowest BCUT2D eigenvalue weighted by atomic mass is 10.1. The Morgan fingerprint density at radius 1 is 1.47 bits per heavy atom. The van der Waals surface area contributed by atoms with Crippen LogP contribution in [0.2, 0.25) is 0 Å². The number of nitrogens with zero attached hydrogens (tertiary/aromatic N) is 1. The van der Waals surface area contributed by atoms with Gasteiger partial charge in [0, 0.05) is 18.6 Å². The molecule has 4 nitrogen and oxygen atoms in total. The fourth-order valence-corrected chi connectivity index (χ4v) is 4.30. The van der Waals surface area contributed by atoms with Crippen LogP contribution >= 0.6 is 0 Å². The van der Waals surface area contributed by atoms with E-state index in [2.05, 4.69) is 0 Å². The molecule has 106 valence electrons. The third-order valence-electron chi connectivity index (χ3n) is 3.82. The lowest BCUT2D eigenvalue weighted by molar-refractivity contribution is 0.408. The van der Waals surface area contributed by atoms with Crippen LogP contribution in [-0.2, 0) is 10.0 Å². The molecule has 1 aliphatic rings. The molecule has 0 radical (unpaired) electrons. The Morgan fingerprint density at radius 2 is 2.21 bits per heavy atom. The van der Waals surface area contributed by atoms with Gasteiger partial charge in [-0.1, -0.05) is 19.1 Å². The Morgan fingerprint density at radius 3 is 2.79 bits per heavy atom. The Bertz CT molecular complexity index is 542. The van der Waals surface area contributed by atoms with E-state index < -0.39 is 10.0 Å². The van der Waals surface area contributed by atoms with Crippen molar-refractivity contribution in [3.8, 4) is 0 Å². The molecule has 2 unspecified atom stereocenters. The number of hydrogen-bond donors (Lipinski definition) is 1. The predicted octanol–water partition coefficient (Wildman–Crippen LogP) is 2.27. The van der Waals surface area contributed by atoms with Crippen LogP contribution in [0.15, 0.2) is 29.2 Å². The minimum absolute atomic E-state index is 0.0912. The molecule has 0 aliphatic carbocycles. The highest BCUT2D eigenvalue weighted by Gasteiger charge is 2.32. The molecule has 19 heavy (non-hydrogen) atoms. The summed E-state index contributed by atoms with van der Waals surface area (Å²) in [5.41, 5.74) is 6.86. The summed E-state index contributed by atoms with van der Waals surface area (Å²) in [6.07, 6.45) is 2.67. The third kappa shape index (κ3) is 2.83. The number of rotatable bonds is 4. The Hall–Kier alpha value is -0.910. The van der Waals surface area contributed by atoms with Crippen molar-refractivity contribution in [2.45, 2.75) is 50.1 Å². The summed E-state index contributed by atoms with van der Waals surface area (Å²) in [5.74, 6) is 0. The van der Waals surface area contributed by atoms with Gasteiger partial charge < -0.3 is 5.73 Å². The van der Waals surface area contributed by atoms with E-state index in [0.717, 1.165) is 24.8 Å². The SMILES string of the molecule is CCC(N)c1cccc(S(=O)(=O)N2CCCC2C)c1. The summed E-state index contributed by atoms with van der Waals surface area (Å²) in [6, 6.07) is 7.03. The second-order valence-corrected chi connectivity index (χ2v) is 7.08. The van der Waals surface area contributed by atoms with Gasteiger partial charge in [-0.2, -0.15) is 4.31 Å². The molecule has 1 aromatic carbocycles. The van der Waals surface area contributed by atoms with Crippen molar-refractivity contribution >= 4 is 10.0 Å². The molecule has 2 atom stereocenters. The van der Waals surface area contributed by atoms with Crippen molar-refractivity contribution in [3.05, 3.63) is 29.8 Å². The minimum atomic E-state index is -3.37. The maximum atomic E-state index is 12.6. The topological polar surface area (TPSA) is 63.4 Å². The summed E-state index contributed by atoms with van der Waals surface area (Å²) < 4.78 is 26.8. The number of nitrogens with two attached hydrogens (primary N) is 1. The summed E-state index contributed by atoms with van der Waals surface area (Å²) in [4.78, 5) is 0.364. The van der Waals surface area contributed by atoms with Gasteiger partial charge in [-0.25, -0.2) is 8.42 Å². The minimum Gasteiger partial charge on any atom is -0.324 e. The maximum Gasteiger partial charge on any atom is 0.243 e. The quantitative estimate of drug-likeness (QED) is 0.921. The monoisotopic (exact) mass is 282 g/mol. The normalized spacial score (nSPS) is 22.6. The van der Waals surface area contributed by atoms with Crippen LogP contribution in [0.4, 0.5) is 0 Å². The molecule has 0 amide bonds. The van der Waals surface area contributed by atoms with Crippen LogP contribution < -0.4 is 5.73 Å². The zero-order valence-electron chi connectivity index (χ0n) is 11.5. The van der Waals surface area contributed by atoms with Crippen LogP contribution in [0.25, 0.3) is 0 Å². The molecule has 1 fully saturated rings. The van der Waals surface area contributed by atoms with E-state index in [4.69, 9.17) is 5.73 Å². The van der Waals surface area contributed by atoms with Crippen molar-refractivity contribution in [1.82, 2.24) is 4.31 Å². The molecular weight excluding hydrogens is 260 g/mol. The van der Waals surface area contributed by atoms with E-state index in [9.17, 15) is 8.42 Å². The van der Waals surface area contributed by atoms with Crippen LogP contribution in [-0.4, -0.2) is 25.3 Å². The van der Waals surface area contributed by atoms with Crippen LogP contribution in [0, 0.1) is 0 Å². The van der Waals surface area contributed by atoms with Crippen LogP contribution in [0.1, 0.15) is 44.7 Å². The summed E-state index contributed by atoms with van der Waals surface area (Å²) in [7, 11) is -3.37. The molecule has 1 aromatic rings. The van der Waals surface area contributed by atoms with E-state index in [0.29, 0.717) is 11.4 Å². The second kappa shape index (κ2) is 5.61. The maximum absolute atomic E-state index is 12.6. The lowest BCUT2D eigenvalue weighted by Crippen LogP contribution is -2.33. The smallest absolute Gasteiger partial charge is 0.243 e. The molecule has 5 heteroatoms. The summed E-state index contributed by atoms with van der Waals surface area (Å²) in [6.45, 7) is 4.58. The van der Waals surface area contributed by atoms with E-state index in [1.54, 1.807) is 22.5 Å². The zero-order chi connectivity index (χ0) is 14.0. The first-order valence-electron chi connectivity index (χ1n) is 6.84. The average molecular weight is 282 g/mol. The van der Waals surface area contributed by atoms with Gasteiger partial charge in [-0.15, -0.1) is 0 Å². The van der Waals surface area contributed by atoms with E-state index in [1.807, 2.05) is 19.9 Å². The van der Waals surface area contributed by atoms with E-state index in [-0.39, 0.29) is 12.1 Å². The predicted molar refractivity (Wildman–Crippen MR) is 76.2 cm³/mol. The average Bonchev–Trinajstić information content (AvgIpc) is 2.85. The Balaban J connectivity index is 2.35. The lowest BCUT2D eigenvalue weighted by Gasteiger charge is -2.21. The molecule has 0 bridgehead atoms. The zero-order valence-corrected chi connectivity index (χ0v) is 12.4. The van der Waals surface area contributed by atoms with Gasteiger partial charge in [0.15, 0.2) is 0 Å². The van der Waals surface area contributed by atoms with Crippen molar-refractivity contribution < 1.29 is 8.42 Å². The molecule has 0 aromatic heterocycles. The highest BCUT2D eigenvalue weighted by molar-refractivity contribution is 7.89. The van der Waals surface area contributed by atoms with Crippen LogP contribution in [0.5, 0.6) is 0 Å². The molecule has 0 saturated carbocycles. The number of sulfonamides is 1. The number of hydrogen-bond acceptors (Lipinski definition) is 3. The van der Waals surface area contributed by atoms with Crippen molar-refractivity contribution in [2.24, 2.45) is 5.73 Å². The van der Waals surface area contributed by atoms with E-state index in [1.165, 1.54) is 0 Å². The fraction of sp³-hybridized carbons (Fsp3) is 0.571. The molecular formula is C14H22N2O2S. The Kier molecular flexibility index (Phi) is 4.28. The van der Waals surface area contributed by atoms with Crippen molar-refractivity contribution in [3.63, 3.8) is 0 Å². The van der Waals surface area contributed by atoms with Gasteiger partial charge in [0.05, 0.1) is 4.90 Å². The van der Waals surface area contributed by atoms with Gasteiger partial charge in [-0.05, 0) is 43.9 Å². The largest absolute Gasteiger partial charge is 0.324 e. The second-order valence-electron chi connectivity index (χ2n) is 5.19. The van der Waals surface area contributed by atoms with Gasteiger partial charge in [0.1, 0.15) is 0 Å². The Labute approximate surface area is 115 Å². The molecule has 2 N–H and O–H groups in total. The molecule has 1 heterocycles. The van der Waals surface area contributed by atoms with Gasteiger partial charge in [0.25, 0.3) is 0 Å². The van der Waals surface area contributed by atoms with Crippen LogP contribution in [0.3, 0.4) is 0 Å². The highest BCUT2D eigenvalue weighted by atomic mass is 32.2. The molecule has 1 saturated heterocycles. The van der Waals surface area contributed by atoms with Crippen molar-refractivity contribution in [2.75, 3.05) is 6.54 Å². The fourth-order valence-electron chi connectivity index (χ4n) is 2.54. The standard InChI is InChI=1S/C14H22N2O2S/c1-3-14(15)12-7-4-8-13(10-12)19(17,18)16-9-5-6-11(16)2/h4,7-8,10-11,14H,3,5-6,9,15H2,1-2H3. The summed E-state index contributed by atoms with van der Waals surface area (Å²) >= 11 is 0.